The van der Waals surface area contributed by atoms with E-state index in [2.05, 4.69) is 15.9 Å². The van der Waals surface area contributed by atoms with Crippen LogP contribution in [0.1, 0.15) is 24.4 Å². The second-order valence-electron chi connectivity index (χ2n) is 3.18. The Morgan fingerprint density at radius 2 is 2.14 bits per heavy atom. The van der Waals surface area contributed by atoms with Crippen molar-refractivity contribution in [1.29, 1.82) is 0 Å². The van der Waals surface area contributed by atoms with Crippen LogP contribution in [0.2, 0.25) is 0 Å². The summed E-state index contributed by atoms with van der Waals surface area (Å²) >= 11 is 3.20. The van der Waals surface area contributed by atoms with E-state index in [0.29, 0.717) is 17.3 Å². The fraction of sp³-hybridized carbons (Fsp3) is 0.400. The third-order valence-electron chi connectivity index (χ3n) is 1.99. The number of rotatable bonds is 4. The van der Waals surface area contributed by atoms with Crippen LogP contribution in [-0.4, -0.2) is 11.7 Å². The van der Waals surface area contributed by atoms with Gasteiger partial charge in [-0.25, -0.2) is 4.39 Å². The summed E-state index contributed by atoms with van der Waals surface area (Å²) in [5, 5.41) is 8.63. The predicted octanol–water partition coefficient (Wildman–Crippen LogP) is 2.36. The lowest BCUT2D eigenvalue weighted by atomic mass is 10.0. The predicted molar refractivity (Wildman–Crippen MR) is 57.3 cm³/mol. The molecule has 1 aromatic carbocycles. The first-order chi connectivity index (χ1) is 6.63. The Labute approximate surface area is 91.1 Å². The molecule has 1 aromatic rings. The Kier molecular flexibility index (Phi) is 4.51. The highest BCUT2D eigenvalue weighted by Gasteiger charge is 2.07. The average Bonchev–Trinajstić information content (AvgIpc) is 2.12. The molecule has 2 nitrogen and oxygen atoms in total. The molecular weight excluding hydrogens is 249 g/mol. The summed E-state index contributed by atoms with van der Waals surface area (Å²) in [5.41, 5.74) is 6.58. The van der Waals surface area contributed by atoms with Crippen molar-refractivity contribution in [3.8, 4) is 0 Å². The molecule has 1 rings (SSSR count). The third kappa shape index (κ3) is 3.36. The second kappa shape index (κ2) is 5.44. The molecule has 0 unspecified atom stereocenters. The molecule has 78 valence electrons. The van der Waals surface area contributed by atoms with Crippen LogP contribution in [-0.2, 0) is 0 Å². The van der Waals surface area contributed by atoms with Gasteiger partial charge < -0.3 is 10.8 Å². The van der Waals surface area contributed by atoms with Gasteiger partial charge in [-0.05, 0) is 36.6 Å². The van der Waals surface area contributed by atoms with Crippen molar-refractivity contribution in [2.75, 3.05) is 6.61 Å². The summed E-state index contributed by atoms with van der Waals surface area (Å²) in [6.07, 6.45) is 1.29. The number of benzene rings is 1. The van der Waals surface area contributed by atoms with Crippen LogP contribution >= 0.6 is 15.9 Å². The Morgan fingerprint density at radius 1 is 1.43 bits per heavy atom. The van der Waals surface area contributed by atoms with Crippen molar-refractivity contribution in [3.63, 3.8) is 0 Å². The van der Waals surface area contributed by atoms with Gasteiger partial charge in [0.25, 0.3) is 0 Å². The van der Waals surface area contributed by atoms with Crippen LogP contribution in [0.25, 0.3) is 0 Å². The van der Waals surface area contributed by atoms with Crippen molar-refractivity contribution in [1.82, 2.24) is 0 Å². The zero-order chi connectivity index (χ0) is 10.6. The Morgan fingerprint density at radius 3 is 2.71 bits per heavy atom. The molecule has 4 heteroatoms. The van der Waals surface area contributed by atoms with E-state index in [9.17, 15) is 4.39 Å². The highest BCUT2D eigenvalue weighted by molar-refractivity contribution is 9.10. The zero-order valence-electron chi connectivity index (χ0n) is 7.71. The lowest BCUT2D eigenvalue weighted by molar-refractivity contribution is 0.280. The van der Waals surface area contributed by atoms with Crippen LogP contribution < -0.4 is 5.73 Å². The van der Waals surface area contributed by atoms with E-state index >= 15 is 0 Å². The molecule has 0 spiro atoms. The van der Waals surface area contributed by atoms with Crippen molar-refractivity contribution < 1.29 is 9.50 Å². The maximum atomic E-state index is 13.0. The molecule has 0 saturated heterocycles. The number of aliphatic hydroxyl groups is 1. The van der Waals surface area contributed by atoms with Gasteiger partial charge in [-0.15, -0.1) is 0 Å². The first-order valence-electron chi connectivity index (χ1n) is 4.46. The number of hydrogen-bond acceptors (Lipinski definition) is 2. The van der Waals surface area contributed by atoms with Crippen molar-refractivity contribution >= 4 is 15.9 Å². The van der Waals surface area contributed by atoms with Gasteiger partial charge in [0.15, 0.2) is 0 Å². The molecule has 0 saturated carbocycles. The summed E-state index contributed by atoms with van der Waals surface area (Å²) in [4.78, 5) is 0. The van der Waals surface area contributed by atoms with E-state index in [4.69, 9.17) is 10.8 Å². The number of hydrogen-bond donors (Lipinski definition) is 2. The minimum Gasteiger partial charge on any atom is -0.396 e. The quantitative estimate of drug-likeness (QED) is 0.874. The van der Waals surface area contributed by atoms with E-state index < -0.39 is 0 Å². The van der Waals surface area contributed by atoms with E-state index in [-0.39, 0.29) is 18.5 Å². The first-order valence-corrected chi connectivity index (χ1v) is 5.25. The highest BCUT2D eigenvalue weighted by atomic mass is 79.9. The van der Waals surface area contributed by atoms with Gasteiger partial charge in [-0.2, -0.15) is 0 Å². The SMILES string of the molecule is N[C@@H](CCCO)c1cc(F)cc(Br)c1. The molecule has 0 fully saturated rings. The molecule has 1 atom stereocenters. The van der Waals surface area contributed by atoms with Gasteiger partial charge in [0.05, 0.1) is 0 Å². The van der Waals surface area contributed by atoms with Gasteiger partial charge in [0.1, 0.15) is 5.82 Å². The number of nitrogens with two attached hydrogens (primary N) is 1. The number of halogens is 2. The largest absolute Gasteiger partial charge is 0.396 e. The standard InChI is InChI=1S/C10H13BrFNO/c11-8-4-7(5-9(12)6-8)10(13)2-1-3-14/h4-6,10,14H,1-3,13H2/t10-/m0/s1. The van der Waals surface area contributed by atoms with Gasteiger partial charge in [-0.3, -0.25) is 0 Å². The molecule has 0 aliphatic rings. The van der Waals surface area contributed by atoms with Gasteiger partial charge in [0, 0.05) is 17.1 Å². The van der Waals surface area contributed by atoms with Gasteiger partial charge in [0.2, 0.25) is 0 Å². The average molecular weight is 262 g/mol. The van der Waals surface area contributed by atoms with Gasteiger partial charge >= 0.3 is 0 Å². The molecule has 3 N–H and O–H groups in total. The minimum absolute atomic E-state index is 0.115. The lowest BCUT2D eigenvalue weighted by Crippen LogP contribution is -2.11. The van der Waals surface area contributed by atoms with Gasteiger partial charge in [-0.1, -0.05) is 15.9 Å². The lowest BCUT2D eigenvalue weighted by Gasteiger charge is -2.11. The van der Waals surface area contributed by atoms with Crippen LogP contribution in [0.15, 0.2) is 22.7 Å². The van der Waals surface area contributed by atoms with E-state index in [1.807, 2.05) is 0 Å². The smallest absolute Gasteiger partial charge is 0.124 e. The Balaban J connectivity index is 2.73. The van der Waals surface area contributed by atoms with Crippen molar-refractivity contribution in [2.24, 2.45) is 5.73 Å². The van der Waals surface area contributed by atoms with E-state index in [0.717, 1.165) is 5.56 Å². The Bertz CT molecular complexity index is 286. The van der Waals surface area contributed by atoms with Crippen molar-refractivity contribution in [3.05, 3.63) is 34.1 Å². The first kappa shape index (κ1) is 11.6. The topological polar surface area (TPSA) is 46.2 Å². The van der Waals surface area contributed by atoms with Crippen LogP contribution in [0.3, 0.4) is 0 Å². The summed E-state index contributed by atoms with van der Waals surface area (Å²) in [6, 6.07) is 4.40. The molecule has 0 aliphatic heterocycles. The summed E-state index contributed by atoms with van der Waals surface area (Å²) < 4.78 is 13.7. The molecule has 0 radical (unpaired) electrons. The summed E-state index contributed by atoms with van der Waals surface area (Å²) in [7, 11) is 0. The van der Waals surface area contributed by atoms with Crippen molar-refractivity contribution in [2.45, 2.75) is 18.9 Å². The molecule has 0 aliphatic carbocycles. The second-order valence-corrected chi connectivity index (χ2v) is 4.09. The fourth-order valence-corrected chi connectivity index (χ4v) is 1.75. The molecule has 0 bridgehead atoms. The monoisotopic (exact) mass is 261 g/mol. The molecule has 14 heavy (non-hydrogen) atoms. The summed E-state index contributed by atoms with van der Waals surface area (Å²) in [5.74, 6) is -0.297. The molecular formula is C10H13BrFNO. The van der Waals surface area contributed by atoms with E-state index in [1.54, 1.807) is 6.07 Å². The minimum atomic E-state index is -0.297. The highest BCUT2D eigenvalue weighted by Crippen LogP contribution is 2.21. The van der Waals surface area contributed by atoms with E-state index in [1.165, 1.54) is 12.1 Å². The molecule has 0 heterocycles. The molecule has 0 aromatic heterocycles. The summed E-state index contributed by atoms with van der Waals surface area (Å²) in [6.45, 7) is 0.115. The maximum absolute atomic E-state index is 13.0. The number of aliphatic hydroxyl groups excluding tert-OH is 1. The normalized spacial score (nSPS) is 12.9. The fourth-order valence-electron chi connectivity index (χ4n) is 1.27. The third-order valence-corrected chi connectivity index (χ3v) is 2.44. The zero-order valence-corrected chi connectivity index (χ0v) is 9.30. The van der Waals surface area contributed by atoms with Crippen LogP contribution in [0, 0.1) is 5.82 Å². The van der Waals surface area contributed by atoms with Crippen LogP contribution in [0.4, 0.5) is 4.39 Å². The molecule has 0 amide bonds. The Hall–Kier alpha value is -0.450. The maximum Gasteiger partial charge on any atom is 0.124 e. The van der Waals surface area contributed by atoms with Crippen LogP contribution in [0.5, 0.6) is 0 Å².